The molecule has 1 unspecified atom stereocenters. The second-order valence-corrected chi connectivity index (χ2v) is 9.00. The summed E-state index contributed by atoms with van der Waals surface area (Å²) in [5, 5.41) is 0. The molecule has 3 heteroatoms. The van der Waals surface area contributed by atoms with Crippen molar-refractivity contribution in [2.75, 3.05) is 0 Å². The van der Waals surface area contributed by atoms with Gasteiger partial charge in [0.05, 0.1) is 16.5 Å². The molecule has 0 fully saturated rings. The molecule has 0 bridgehead atoms. The molecule has 0 aliphatic heterocycles. The minimum atomic E-state index is -0.887. The molecule has 2 nitrogen and oxygen atoms in total. The Morgan fingerprint density at radius 3 is 2.00 bits per heavy atom. The number of ether oxygens (including phenoxy) is 1. The lowest BCUT2D eigenvalue weighted by molar-refractivity contribution is 0.0114. The highest BCUT2D eigenvalue weighted by atomic mass is 32.2. The molecule has 0 saturated heterocycles. The van der Waals surface area contributed by atoms with Gasteiger partial charge in [-0.1, -0.05) is 61.7 Å². The molecule has 3 aromatic carbocycles. The predicted molar refractivity (Wildman–Crippen MR) is 119 cm³/mol. The maximum atomic E-state index is 12.8. The van der Waals surface area contributed by atoms with Gasteiger partial charge in [0, 0.05) is 6.07 Å². The monoisotopic (exact) mass is 401 g/mol. The topological polar surface area (TPSA) is 26.3 Å². The van der Waals surface area contributed by atoms with Gasteiger partial charge in [-0.25, -0.2) is 4.79 Å². The van der Waals surface area contributed by atoms with Crippen molar-refractivity contribution >= 4 is 16.9 Å². The van der Waals surface area contributed by atoms with E-state index in [0.29, 0.717) is 12.0 Å². The second kappa shape index (κ2) is 9.49. The van der Waals surface area contributed by atoms with E-state index < -0.39 is 5.60 Å². The van der Waals surface area contributed by atoms with Gasteiger partial charge < -0.3 is 4.74 Å². The summed E-state index contributed by atoms with van der Waals surface area (Å²) in [6.45, 7) is 3.81. The van der Waals surface area contributed by atoms with Crippen LogP contribution in [0, 0.1) is 12.3 Å². The fourth-order valence-corrected chi connectivity index (χ4v) is 5.30. The largest absolute Gasteiger partial charge is 0.443 e. The van der Waals surface area contributed by atoms with E-state index in [1.165, 1.54) is 9.79 Å². The first-order chi connectivity index (χ1) is 14.1. The molecule has 146 valence electrons. The van der Waals surface area contributed by atoms with Crippen LogP contribution in [-0.4, -0.2) is 11.6 Å². The van der Waals surface area contributed by atoms with Crippen LogP contribution in [0.3, 0.4) is 0 Å². The summed E-state index contributed by atoms with van der Waals surface area (Å²) in [5.74, 6) is 2.24. The smallest absolute Gasteiger partial charge is 0.339 e. The van der Waals surface area contributed by atoms with Gasteiger partial charge >= 0.3 is 5.97 Å². The fourth-order valence-electron chi connectivity index (χ4n) is 3.16. The Labute approximate surface area is 176 Å². The molecule has 0 aliphatic carbocycles. The SMILES string of the molecule is C#CC(C)(CCC)OC(=O)c1cccc([S+](c2ccccc2)c2ccccc2)c1. The van der Waals surface area contributed by atoms with Crippen molar-refractivity contribution in [2.24, 2.45) is 0 Å². The van der Waals surface area contributed by atoms with Crippen molar-refractivity contribution in [1.29, 1.82) is 0 Å². The van der Waals surface area contributed by atoms with E-state index >= 15 is 0 Å². The molecule has 29 heavy (non-hydrogen) atoms. The van der Waals surface area contributed by atoms with Gasteiger partial charge in [-0.15, -0.1) is 6.42 Å². The minimum Gasteiger partial charge on any atom is -0.443 e. The zero-order valence-electron chi connectivity index (χ0n) is 16.8. The summed E-state index contributed by atoms with van der Waals surface area (Å²) in [5.41, 5.74) is -0.369. The first kappa shape index (κ1) is 20.8. The fraction of sp³-hybridized carbons (Fsp3) is 0.192. The lowest BCUT2D eigenvalue weighted by atomic mass is 10.0. The van der Waals surface area contributed by atoms with Crippen LogP contribution in [0.4, 0.5) is 0 Å². The summed E-state index contributed by atoms with van der Waals surface area (Å²) >= 11 is 0. The maximum absolute atomic E-state index is 12.8. The van der Waals surface area contributed by atoms with Crippen LogP contribution < -0.4 is 0 Å². The van der Waals surface area contributed by atoms with Crippen molar-refractivity contribution < 1.29 is 9.53 Å². The molecule has 3 aromatic rings. The summed E-state index contributed by atoms with van der Waals surface area (Å²) in [7, 11) is -0.318. The van der Waals surface area contributed by atoms with Crippen LogP contribution >= 0.6 is 0 Å². The van der Waals surface area contributed by atoms with Gasteiger partial charge in [-0.3, -0.25) is 0 Å². The molecule has 0 radical (unpaired) electrons. The molecule has 0 aromatic heterocycles. The van der Waals surface area contributed by atoms with Gasteiger partial charge in [-0.2, -0.15) is 0 Å². The zero-order chi connectivity index (χ0) is 20.7. The van der Waals surface area contributed by atoms with Gasteiger partial charge in [-0.05, 0) is 49.7 Å². The van der Waals surface area contributed by atoms with Crippen LogP contribution in [0.15, 0.2) is 99.6 Å². The molecule has 0 N–H and O–H groups in total. The standard InChI is InChI=1S/C26H25O2S/c1-4-19-26(3,5-2)28-25(27)21-13-12-18-24(20-21)29(22-14-8-6-9-15-22)23-16-10-7-11-17-23/h2,6-18,20H,4,19H2,1,3H3/q+1. The van der Waals surface area contributed by atoms with Gasteiger partial charge in [0.25, 0.3) is 0 Å². The molecule has 1 atom stereocenters. The Balaban J connectivity index is 1.98. The number of esters is 1. The van der Waals surface area contributed by atoms with Crippen molar-refractivity contribution in [1.82, 2.24) is 0 Å². The lowest BCUT2D eigenvalue weighted by Crippen LogP contribution is -2.29. The lowest BCUT2D eigenvalue weighted by Gasteiger charge is -2.23. The van der Waals surface area contributed by atoms with Crippen LogP contribution in [0.5, 0.6) is 0 Å². The number of carbonyl (C=O) groups excluding carboxylic acids is 1. The Hall–Kier alpha value is -2.96. The molecule has 0 saturated carbocycles. The number of rotatable bonds is 7. The Morgan fingerprint density at radius 2 is 1.48 bits per heavy atom. The average Bonchev–Trinajstić information content (AvgIpc) is 2.76. The Bertz CT molecular complexity index is 952. The highest BCUT2D eigenvalue weighted by molar-refractivity contribution is 7.97. The quantitative estimate of drug-likeness (QED) is 0.270. The third kappa shape index (κ3) is 5.10. The van der Waals surface area contributed by atoms with Crippen molar-refractivity contribution in [2.45, 2.75) is 47.0 Å². The summed E-state index contributed by atoms with van der Waals surface area (Å²) in [4.78, 5) is 16.3. The number of hydrogen-bond acceptors (Lipinski definition) is 2. The molecule has 0 heterocycles. The summed E-state index contributed by atoms with van der Waals surface area (Å²) < 4.78 is 5.69. The summed E-state index contributed by atoms with van der Waals surface area (Å²) in [6.07, 6.45) is 7.10. The van der Waals surface area contributed by atoms with Crippen LogP contribution in [0.1, 0.15) is 37.0 Å². The van der Waals surface area contributed by atoms with Crippen LogP contribution in [0.2, 0.25) is 0 Å². The minimum absolute atomic E-state index is 0.318. The van der Waals surface area contributed by atoms with E-state index in [1.54, 1.807) is 13.0 Å². The van der Waals surface area contributed by atoms with Gasteiger partial charge in [0.15, 0.2) is 20.3 Å². The third-order valence-corrected chi connectivity index (χ3v) is 6.83. The molecule has 3 rings (SSSR count). The first-order valence-corrected chi connectivity index (χ1v) is 10.9. The summed E-state index contributed by atoms with van der Waals surface area (Å²) in [6, 6.07) is 28.4. The Morgan fingerprint density at radius 1 is 0.931 bits per heavy atom. The number of terminal acetylenes is 1. The van der Waals surface area contributed by atoms with Gasteiger partial charge in [0.1, 0.15) is 0 Å². The number of benzene rings is 3. The molecular weight excluding hydrogens is 376 g/mol. The van der Waals surface area contributed by atoms with Crippen LogP contribution in [0.25, 0.3) is 0 Å². The predicted octanol–water partition coefficient (Wildman–Crippen LogP) is 6.13. The molecular formula is C26H25O2S+. The highest BCUT2D eigenvalue weighted by Gasteiger charge is 2.30. The molecule has 0 spiro atoms. The number of carbonyl (C=O) groups is 1. The van der Waals surface area contributed by atoms with Crippen molar-refractivity contribution in [3.8, 4) is 12.3 Å². The number of hydrogen-bond donors (Lipinski definition) is 0. The zero-order valence-corrected chi connectivity index (χ0v) is 17.6. The molecule has 0 aliphatic rings. The third-order valence-electron chi connectivity index (χ3n) is 4.61. The normalized spacial score (nSPS) is 12.8. The average molecular weight is 402 g/mol. The first-order valence-electron chi connectivity index (χ1n) is 9.72. The van der Waals surface area contributed by atoms with Crippen LogP contribution in [-0.2, 0) is 15.6 Å². The second-order valence-electron chi connectivity index (χ2n) is 6.97. The van der Waals surface area contributed by atoms with E-state index in [-0.39, 0.29) is 16.9 Å². The molecule has 0 amide bonds. The van der Waals surface area contributed by atoms with Crippen molar-refractivity contribution in [3.05, 3.63) is 90.5 Å². The van der Waals surface area contributed by atoms with Gasteiger partial charge in [0.2, 0.25) is 0 Å². The maximum Gasteiger partial charge on any atom is 0.339 e. The van der Waals surface area contributed by atoms with E-state index in [9.17, 15) is 4.79 Å². The Kier molecular flexibility index (Phi) is 6.80. The van der Waals surface area contributed by atoms with E-state index in [4.69, 9.17) is 11.2 Å². The van der Waals surface area contributed by atoms with E-state index in [1.807, 2.05) is 55.5 Å². The van der Waals surface area contributed by atoms with E-state index in [2.05, 4.69) is 36.3 Å². The van der Waals surface area contributed by atoms with Crippen molar-refractivity contribution in [3.63, 3.8) is 0 Å². The highest BCUT2D eigenvalue weighted by Crippen LogP contribution is 2.31. The van der Waals surface area contributed by atoms with E-state index in [0.717, 1.165) is 11.3 Å².